The normalized spacial score (nSPS) is 20.3. The summed E-state index contributed by atoms with van der Waals surface area (Å²) in [7, 11) is 0. The SMILES string of the molecule is Cc1ncsc1-c1ccc([C@H](C)NC(=O)C2C[C@@H](O)CN2C(=O)[C@H](NC(=O)COCCCCCNc2ccc(C(=O)NC3C(C)(C)C(Oc4ccc(C#N)c(Cl)c4)C3(C)C)cc2)C(C)(C)C)cc1. The van der Waals surface area contributed by atoms with Gasteiger partial charge in [-0.25, -0.2) is 4.98 Å². The fraction of sp³-hybridized carbons (Fsp3) is 0.500. The predicted molar refractivity (Wildman–Crippen MR) is 265 cm³/mol. The summed E-state index contributed by atoms with van der Waals surface area (Å²) in [5.41, 5.74) is 5.11. The van der Waals surface area contributed by atoms with Crippen LogP contribution in [0.25, 0.3) is 10.4 Å². The number of benzene rings is 3. The van der Waals surface area contributed by atoms with Gasteiger partial charge in [-0.1, -0.05) is 84.3 Å². The third kappa shape index (κ3) is 12.2. The van der Waals surface area contributed by atoms with Crippen LogP contribution in [0.3, 0.4) is 0 Å². The van der Waals surface area contributed by atoms with Gasteiger partial charge in [0.15, 0.2) is 0 Å². The van der Waals surface area contributed by atoms with Crippen LogP contribution in [-0.2, 0) is 19.1 Å². The molecular weight excluding hydrogens is 902 g/mol. The van der Waals surface area contributed by atoms with E-state index in [2.05, 4.69) is 60.0 Å². The van der Waals surface area contributed by atoms with Crippen LogP contribution in [0.4, 0.5) is 5.69 Å². The Labute approximate surface area is 409 Å². The number of nitrogens with zero attached hydrogens (tertiary/aromatic N) is 3. The van der Waals surface area contributed by atoms with E-state index in [0.717, 1.165) is 46.6 Å². The molecule has 2 heterocycles. The molecule has 0 spiro atoms. The molecule has 16 heteroatoms. The van der Waals surface area contributed by atoms with E-state index >= 15 is 0 Å². The molecular formula is C52H66ClN7O7S. The molecule has 2 fully saturated rings. The number of aromatic nitrogens is 1. The van der Waals surface area contributed by atoms with Crippen molar-refractivity contribution < 1.29 is 33.8 Å². The van der Waals surface area contributed by atoms with E-state index < -0.39 is 35.4 Å². The lowest BCUT2D eigenvalue weighted by atomic mass is 9.49. The Morgan fingerprint density at radius 2 is 1.68 bits per heavy atom. The maximum Gasteiger partial charge on any atom is 0.251 e. The van der Waals surface area contributed by atoms with E-state index in [-0.39, 0.29) is 60.4 Å². The Morgan fingerprint density at radius 1 is 0.985 bits per heavy atom. The molecule has 68 heavy (non-hydrogen) atoms. The second-order valence-electron chi connectivity index (χ2n) is 20.3. The van der Waals surface area contributed by atoms with Crippen molar-refractivity contribution >= 4 is 52.3 Å². The number of rotatable bonds is 19. The summed E-state index contributed by atoms with van der Waals surface area (Å²) in [6, 6.07) is 20.1. The lowest BCUT2D eigenvalue weighted by Crippen LogP contribution is -2.74. The number of carbonyl (C=O) groups excluding carboxylic acids is 4. The topological polar surface area (TPSA) is 195 Å². The van der Waals surface area contributed by atoms with Gasteiger partial charge in [-0.15, -0.1) is 11.3 Å². The monoisotopic (exact) mass is 967 g/mol. The fourth-order valence-corrected chi connectivity index (χ4v) is 10.7. The zero-order chi connectivity index (χ0) is 49.6. The summed E-state index contributed by atoms with van der Waals surface area (Å²) in [5, 5.41) is 32.7. The molecule has 3 aromatic carbocycles. The number of aliphatic hydroxyl groups excluding tert-OH is 1. The van der Waals surface area contributed by atoms with Crippen molar-refractivity contribution in [2.75, 3.05) is 31.6 Å². The third-order valence-electron chi connectivity index (χ3n) is 13.2. The van der Waals surface area contributed by atoms with Gasteiger partial charge in [0.25, 0.3) is 5.91 Å². The van der Waals surface area contributed by atoms with Gasteiger partial charge in [0.1, 0.15) is 36.6 Å². The van der Waals surface area contributed by atoms with Gasteiger partial charge in [-0.3, -0.25) is 19.2 Å². The lowest BCUT2D eigenvalue weighted by Gasteiger charge is -2.63. The number of halogens is 1. The number of nitrogens with one attached hydrogen (secondary N) is 4. The van der Waals surface area contributed by atoms with E-state index in [9.17, 15) is 29.5 Å². The molecule has 14 nitrogen and oxygen atoms in total. The van der Waals surface area contributed by atoms with E-state index in [0.29, 0.717) is 35.1 Å². The van der Waals surface area contributed by atoms with Crippen LogP contribution in [0.1, 0.15) is 114 Å². The number of anilines is 1. The number of carbonyl (C=O) groups is 4. The summed E-state index contributed by atoms with van der Waals surface area (Å²) >= 11 is 7.81. The maximum absolute atomic E-state index is 14.1. The van der Waals surface area contributed by atoms with Crippen molar-refractivity contribution in [2.24, 2.45) is 16.2 Å². The molecule has 4 amide bonds. The second-order valence-corrected chi connectivity index (χ2v) is 21.6. The van der Waals surface area contributed by atoms with Gasteiger partial charge in [0, 0.05) is 60.3 Å². The van der Waals surface area contributed by atoms with Gasteiger partial charge in [-0.2, -0.15) is 5.26 Å². The summed E-state index contributed by atoms with van der Waals surface area (Å²) in [4.78, 5) is 61.0. The van der Waals surface area contributed by atoms with Crippen LogP contribution in [0.2, 0.25) is 5.02 Å². The lowest BCUT2D eigenvalue weighted by molar-refractivity contribution is -0.164. The van der Waals surface area contributed by atoms with Crippen molar-refractivity contribution in [1.29, 1.82) is 5.26 Å². The van der Waals surface area contributed by atoms with Crippen LogP contribution >= 0.6 is 22.9 Å². The highest BCUT2D eigenvalue weighted by Gasteiger charge is 2.64. The second kappa shape index (κ2) is 21.8. The summed E-state index contributed by atoms with van der Waals surface area (Å²) in [6.45, 7) is 18.5. The zero-order valence-electron chi connectivity index (χ0n) is 40.6. The molecule has 1 aliphatic heterocycles. The first-order chi connectivity index (χ1) is 32.1. The highest BCUT2D eigenvalue weighted by atomic mass is 35.5. The van der Waals surface area contributed by atoms with Gasteiger partial charge in [0.2, 0.25) is 17.7 Å². The largest absolute Gasteiger partial charge is 0.489 e. The minimum absolute atomic E-state index is 0.0135. The minimum atomic E-state index is -0.952. The summed E-state index contributed by atoms with van der Waals surface area (Å²) in [6.07, 6.45) is 1.46. The average Bonchev–Trinajstić information content (AvgIpc) is 3.91. The fourth-order valence-electron chi connectivity index (χ4n) is 9.67. The van der Waals surface area contributed by atoms with E-state index in [4.69, 9.17) is 21.1 Å². The first-order valence-electron chi connectivity index (χ1n) is 23.3. The van der Waals surface area contributed by atoms with Gasteiger partial charge in [0.05, 0.1) is 38.8 Å². The number of amides is 4. The molecule has 5 N–H and O–H groups in total. The number of thiazole rings is 1. The van der Waals surface area contributed by atoms with Crippen LogP contribution in [0.15, 0.2) is 72.2 Å². The highest BCUT2D eigenvalue weighted by molar-refractivity contribution is 7.13. The molecule has 0 bridgehead atoms. The van der Waals surface area contributed by atoms with Crippen molar-refractivity contribution in [3.8, 4) is 22.3 Å². The van der Waals surface area contributed by atoms with E-state index in [1.54, 1.807) is 41.7 Å². The quantitative estimate of drug-likeness (QED) is 0.0572. The Hall–Kier alpha value is -5.53. The number of aliphatic hydroxyl groups is 1. The van der Waals surface area contributed by atoms with Crippen LogP contribution < -0.4 is 26.0 Å². The Bertz CT molecular complexity index is 2450. The molecule has 2 aliphatic rings. The average molecular weight is 969 g/mol. The number of nitriles is 1. The Morgan fingerprint density at radius 3 is 2.29 bits per heavy atom. The maximum atomic E-state index is 14.1. The molecule has 4 atom stereocenters. The number of β-amino-alcohol motifs (C(OH)–C–C–N with tert-alkyl or cyclic N) is 1. The van der Waals surface area contributed by atoms with Crippen molar-refractivity contribution in [1.82, 2.24) is 25.8 Å². The predicted octanol–water partition coefficient (Wildman–Crippen LogP) is 8.22. The molecule has 364 valence electrons. The third-order valence-corrected chi connectivity index (χ3v) is 14.5. The number of unbranched alkanes of at least 4 members (excludes halogenated alkanes) is 2. The Kier molecular flexibility index (Phi) is 16.6. The van der Waals surface area contributed by atoms with Crippen LogP contribution in [-0.4, -0.2) is 95.3 Å². The summed E-state index contributed by atoms with van der Waals surface area (Å²) in [5.74, 6) is -0.820. The molecule has 1 aromatic heterocycles. The van der Waals surface area contributed by atoms with Crippen molar-refractivity contribution in [3.63, 3.8) is 0 Å². The van der Waals surface area contributed by atoms with Crippen LogP contribution in [0, 0.1) is 34.5 Å². The van der Waals surface area contributed by atoms with Gasteiger partial charge < -0.3 is 40.7 Å². The Balaban J connectivity index is 0.887. The standard InChI is InChI=1S/C52H66ClN7O7S/c1-31(33-13-15-34(16-14-33)43-32(2)56-30-68-43)57-46(64)41-25-38(61)28-60(41)47(65)44(50(3,4)5)58-42(62)29-66-24-12-10-11-23-55-37-20-17-35(18-21-37)45(63)59-48-51(6,7)49(52(48,8)9)67-39-22-19-36(27-54)40(53)26-39/h13-22,26,30-31,38,41,44,48-49,55,61H,10-12,23-25,28-29H2,1-9H3,(H,57,64)(H,58,62)(H,59,63)/t31-,38+,41?,44-,48?,49?/m0/s1. The number of hydrogen-bond donors (Lipinski definition) is 5. The van der Waals surface area contributed by atoms with Crippen molar-refractivity contribution in [3.05, 3.63) is 99.6 Å². The molecule has 1 aliphatic carbocycles. The zero-order valence-corrected chi connectivity index (χ0v) is 42.1. The van der Waals surface area contributed by atoms with E-state index in [1.165, 1.54) is 4.90 Å². The molecule has 0 radical (unpaired) electrons. The first kappa shape index (κ1) is 51.9. The minimum Gasteiger partial charge on any atom is -0.489 e. The molecule has 1 saturated carbocycles. The molecule has 6 rings (SSSR count). The van der Waals surface area contributed by atoms with Gasteiger partial charge in [-0.05, 0) is 86.1 Å². The number of aryl methyl sites for hydroxylation is 1. The molecule has 1 saturated heterocycles. The van der Waals surface area contributed by atoms with Crippen LogP contribution in [0.5, 0.6) is 5.75 Å². The highest BCUT2D eigenvalue weighted by Crippen LogP contribution is 2.55. The number of hydrogen-bond acceptors (Lipinski definition) is 11. The number of likely N-dealkylation sites (tertiary alicyclic amines) is 1. The smallest absolute Gasteiger partial charge is 0.251 e. The molecule has 4 aromatic rings. The van der Waals surface area contributed by atoms with E-state index in [1.807, 2.05) is 76.5 Å². The van der Waals surface area contributed by atoms with Gasteiger partial charge >= 0.3 is 0 Å². The molecule has 1 unspecified atom stereocenters. The first-order valence-corrected chi connectivity index (χ1v) is 24.5. The summed E-state index contributed by atoms with van der Waals surface area (Å²) < 4.78 is 12.1. The van der Waals surface area contributed by atoms with Crippen molar-refractivity contribution in [2.45, 2.75) is 124 Å². The number of ether oxygens (including phenoxy) is 2.